The zero-order valence-corrected chi connectivity index (χ0v) is 16.5. The first-order valence-electron chi connectivity index (χ1n) is 8.83. The lowest BCUT2D eigenvalue weighted by Crippen LogP contribution is -2.16. The Balaban J connectivity index is 1.57. The number of hydrogen-bond acceptors (Lipinski definition) is 5. The molecule has 0 aliphatic carbocycles. The Hall–Kier alpha value is -3.12. The van der Waals surface area contributed by atoms with Crippen LogP contribution in [0.25, 0.3) is 0 Å². The maximum atomic E-state index is 12.4. The highest BCUT2D eigenvalue weighted by Crippen LogP contribution is 2.25. The highest BCUT2D eigenvalue weighted by atomic mass is 35.5. The van der Waals surface area contributed by atoms with Crippen molar-refractivity contribution in [3.63, 3.8) is 0 Å². The first-order valence-corrected chi connectivity index (χ1v) is 9.21. The van der Waals surface area contributed by atoms with Gasteiger partial charge >= 0.3 is 0 Å². The van der Waals surface area contributed by atoms with Gasteiger partial charge < -0.3 is 15.4 Å². The van der Waals surface area contributed by atoms with Crippen LogP contribution >= 0.6 is 11.6 Å². The zero-order valence-electron chi connectivity index (χ0n) is 15.7. The van der Waals surface area contributed by atoms with E-state index in [-0.39, 0.29) is 11.6 Å². The lowest BCUT2D eigenvalue weighted by molar-refractivity contribution is 0.102. The molecule has 0 aliphatic rings. The molecular weight excluding hydrogens is 376 g/mol. The Morgan fingerprint density at radius 3 is 2.54 bits per heavy atom. The van der Waals surface area contributed by atoms with Crippen molar-refractivity contribution in [2.45, 2.75) is 13.3 Å². The molecule has 1 aromatic heterocycles. The van der Waals surface area contributed by atoms with Gasteiger partial charge in [-0.2, -0.15) is 0 Å². The topological polar surface area (TPSA) is 76.1 Å². The quantitative estimate of drug-likeness (QED) is 0.620. The molecular formula is C21H21ClN4O2. The number of benzene rings is 2. The third kappa shape index (κ3) is 5.20. The minimum atomic E-state index is -0.343. The number of hydrogen-bond donors (Lipinski definition) is 2. The number of halogens is 1. The van der Waals surface area contributed by atoms with E-state index in [0.717, 1.165) is 17.0 Å². The van der Waals surface area contributed by atoms with Gasteiger partial charge in [-0.3, -0.25) is 4.79 Å². The first-order chi connectivity index (χ1) is 13.5. The molecule has 0 atom stereocenters. The smallest absolute Gasteiger partial charge is 0.276 e. The summed E-state index contributed by atoms with van der Waals surface area (Å²) in [4.78, 5) is 12.4. The Morgan fingerprint density at radius 1 is 1.07 bits per heavy atom. The maximum absolute atomic E-state index is 12.4. The fraction of sp³-hybridized carbons (Fsp3) is 0.190. The molecule has 0 fully saturated rings. The molecule has 2 aromatic carbocycles. The summed E-state index contributed by atoms with van der Waals surface area (Å²) in [5, 5.41) is 14.8. The normalized spacial score (nSPS) is 10.4. The van der Waals surface area contributed by atoms with Crippen LogP contribution in [0, 0.1) is 6.92 Å². The zero-order chi connectivity index (χ0) is 19.9. The van der Waals surface area contributed by atoms with E-state index in [1.807, 2.05) is 49.4 Å². The van der Waals surface area contributed by atoms with E-state index in [0.29, 0.717) is 23.8 Å². The predicted molar refractivity (Wildman–Crippen MR) is 111 cm³/mol. The lowest BCUT2D eigenvalue weighted by atomic mass is 10.1. The molecule has 3 aromatic rings. The minimum absolute atomic E-state index is 0.229. The summed E-state index contributed by atoms with van der Waals surface area (Å²) < 4.78 is 5.28. The van der Waals surface area contributed by atoms with E-state index in [1.54, 1.807) is 19.2 Å². The Bertz CT molecular complexity index is 944. The summed E-state index contributed by atoms with van der Waals surface area (Å²) in [5.41, 5.74) is 3.02. The third-order valence-corrected chi connectivity index (χ3v) is 4.39. The molecule has 28 heavy (non-hydrogen) atoms. The highest BCUT2D eigenvalue weighted by molar-refractivity contribution is 6.30. The number of anilines is 2. The standard InChI is InChI=1S/C21H21ClN4O2/c1-14-3-9-19(28-2)18(13-14)24-21(27)17-8-10-20(26-25-17)23-12-11-15-4-6-16(22)7-5-15/h3-10,13H,11-12H2,1-2H3,(H,23,26)(H,24,27). The van der Waals surface area contributed by atoms with Crippen LogP contribution in [-0.2, 0) is 6.42 Å². The van der Waals surface area contributed by atoms with Crippen LogP contribution in [0.4, 0.5) is 11.5 Å². The van der Waals surface area contributed by atoms with Crippen molar-refractivity contribution >= 4 is 29.0 Å². The van der Waals surface area contributed by atoms with Crippen LogP contribution in [0.3, 0.4) is 0 Å². The van der Waals surface area contributed by atoms with E-state index in [1.165, 1.54) is 5.56 Å². The van der Waals surface area contributed by atoms with Crippen molar-refractivity contribution < 1.29 is 9.53 Å². The molecule has 1 heterocycles. The number of carbonyl (C=O) groups is 1. The fourth-order valence-corrected chi connectivity index (χ4v) is 2.77. The van der Waals surface area contributed by atoms with E-state index < -0.39 is 0 Å². The van der Waals surface area contributed by atoms with E-state index in [2.05, 4.69) is 20.8 Å². The van der Waals surface area contributed by atoms with Crippen molar-refractivity contribution in [3.8, 4) is 5.75 Å². The van der Waals surface area contributed by atoms with Gasteiger partial charge in [0.1, 0.15) is 11.6 Å². The van der Waals surface area contributed by atoms with Crippen molar-refractivity contribution in [3.05, 3.63) is 76.4 Å². The number of ether oxygens (including phenoxy) is 1. The number of nitrogens with zero attached hydrogens (tertiary/aromatic N) is 2. The molecule has 0 spiro atoms. The SMILES string of the molecule is COc1ccc(C)cc1NC(=O)c1ccc(NCCc2ccc(Cl)cc2)nn1. The molecule has 2 N–H and O–H groups in total. The van der Waals surface area contributed by atoms with Crippen LogP contribution in [0.2, 0.25) is 5.02 Å². The molecule has 3 rings (SSSR count). The van der Waals surface area contributed by atoms with Gasteiger partial charge in [-0.15, -0.1) is 10.2 Å². The van der Waals surface area contributed by atoms with Crippen molar-refractivity contribution in [2.24, 2.45) is 0 Å². The van der Waals surface area contributed by atoms with Crippen LogP contribution in [0.1, 0.15) is 21.6 Å². The lowest BCUT2D eigenvalue weighted by Gasteiger charge is -2.11. The first kappa shape index (κ1) is 19.6. The molecule has 0 saturated heterocycles. The van der Waals surface area contributed by atoms with Crippen molar-refractivity contribution in [1.29, 1.82) is 0 Å². The van der Waals surface area contributed by atoms with Gasteiger partial charge in [-0.1, -0.05) is 29.8 Å². The van der Waals surface area contributed by atoms with Crippen LogP contribution in [0.5, 0.6) is 5.75 Å². The average molecular weight is 397 g/mol. The van der Waals surface area contributed by atoms with Gasteiger partial charge in [0.2, 0.25) is 0 Å². The van der Waals surface area contributed by atoms with Gasteiger partial charge in [0.05, 0.1) is 12.8 Å². The van der Waals surface area contributed by atoms with Crippen LogP contribution < -0.4 is 15.4 Å². The van der Waals surface area contributed by atoms with Gasteiger partial charge in [-0.25, -0.2) is 0 Å². The van der Waals surface area contributed by atoms with E-state index >= 15 is 0 Å². The molecule has 0 saturated carbocycles. The maximum Gasteiger partial charge on any atom is 0.276 e. The van der Waals surface area contributed by atoms with E-state index in [9.17, 15) is 4.79 Å². The minimum Gasteiger partial charge on any atom is -0.495 e. The van der Waals surface area contributed by atoms with Gasteiger partial charge in [0.25, 0.3) is 5.91 Å². The van der Waals surface area contributed by atoms with E-state index in [4.69, 9.17) is 16.3 Å². The van der Waals surface area contributed by atoms with Crippen molar-refractivity contribution in [2.75, 3.05) is 24.3 Å². The number of amides is 1. The summed E-state index contributed by atoms with van der Waals surface area (Å²) >= 11 is 5.88. The largest absolute Gasteiger partial charge is 0.495 e. The van der Waals surface area contributed by atoms with Gasteiger partial charge in [-0.05, 0) is 60.9 Å². The molecule has 1 amide bonds. The molecule has 0 bridgehead atoms. The molecule has 6 nitrogen and oxygen atoms in total. The second kappa shape index (κ2) is 9.19. The van der Waals surface area contributed by atoms with Crippen molar-refractivity contribution in [1.82, 2.24) is 10.2 Å². The summed E-state index contributed by atoms with van der Waals surface area (Å²) in [6, 6.07) is 16.7. The number of carbonyl (C=O) groups excluding carboxylic acids is 1. The summed E-state index contributed by atoms with van der Waals surface area (Å²) in [6.45, 7) is 2.64. The summed E-state index contributed by atoms with van der Waals surface area (Å²) in [6.07, 6.45) is 0.828. The second-order valence-electron chi connectivity index (χ2n) is 6.26. The average Bonchev–Trinajstić information content (AvgIpc) is 2.70. The Morgan fingerprint density at radius 2 is 1.86 bits per heavy atom. The third-order valence-electron chi connectivity index (χ3n) is 4.13. The summed E-state index contributed by atoms with van der Waals surface area (Å²) in [5.74, 6) is 0.857. The van der Waals surface area contributed by atoms with Gasteiger partial charge in [0, 0.05) is 11.6 Å². The Labute approximate surface area is 168 Å². The molecule has 144 valence electrons. The molecule has 7 heteroatoms. The predicted octanol–water partition coefficient (Wildman–Crippen LogP) is 4.35. The fourth-order valence-electron chi connectivity index (χ4n) is 2.64. The molecule has 0 aliphatic heterocycles. The highest BCUT2D eigenvalue weighted by Gasteiger charge is 2.12. The monoisotopic (exact) mass is 396 g/mol. The van der Waals surface area contributed by atoms with Crippen LogP contribution in [-0.4, -0.2) is 29.8 Å². The van der Waals surface area contributed by atoms with Gasteiger partial charge in [0.15, 0.2) is 5.69 Å². The molecule has 0 unspecified atom stereocenters. The second-order valence-corrected chi connectivity index (χ2v) is 6.70. The number of methoxy groups -OCH3 is 1. The van der Waals surface area contributed by atoms with Crippen LogP contribution in [0.15, 0.2) is 54.6 Å². The number of nitrogens with one attached hydrogen (secondary N) is 2. The summed E-state index contributed by atoms with van der Waals surface area (Å²) in [7, 11) is 1.56. The Kier molecular flexibility index (Phi) is 6.45. The number of aryl methyl sites for hydroxylation is 1. The molecule has 0 radical (unpaired) electrons. The number of rotatable bonds is 7. The number of aromatic nitrogens is 2.